The van der Waals surface area contributed by atoms with E-state index >= 15 is 0 Å². The van der Waals surface area contributed by atoms with Crippen LogP contribution in [0.2, 0.25) is 0 Å². The molecule has 0 radical (unpaired) electrons. The van der Waals surface area contributed by atoms with Crippen LogP contribution in [0, 0.1) is 17.8 Å². The molecule has 0 spiro atoms. The molecule has 1 amide bonds. The van der Waals surface area contributed by atoms with Crippen LogP contribution in [-0.2, 0) is 9.53 Å². The van der Waals surface area contributed by atoms with E-state index in [0.717, 1.165) is 17.8 Å². The average Bonchev–Trinajstić information content (AvgIpc) is 2.58. The van der Waals surface area contributed by atoms with E-state index in [4.69, 9.17) is 17.0 Å². The first-order chi connectivity index (χ1) is 7.60. The molecule has 4 heteroatoms. The van der Waals surface area contributed by atoms with E-state index in [0.29, 0.717) is 5.92 Å². The fraction of sp³-hybridized carbons (Fsp3) is 0.667. The maximum Gasteiger partial charge on any atom is 0.231 e. The van der Waals surface area contributed by atoms with Gasteiger partial charge >= 0.3 is 0 Å². The van der Waals surface area contributed by atoms with Crippen LogP contribution in [0.15, 0.2) is 12.2 Å². The number of amides is 1. The second-order valence-electron chi connectivity index (χ2n) is 4.96. The van der Waals surface area contributed by atoms with Gasteiger partial charge in [-0.25, -0.2) is 0 Å². The van der Waals surface area contributed by atoms with Gasteiger partial charge < -0.3 is 9.64 Å². The normalized spacial score (nSPS) is 45.4. The third kappa shape index (κ3) is 1.02. The molecule has 1 aliphatic heterocycles. The molecule has 0 unspecified atom stereocenters. The van der Waals surface area contributed by atoms with Crippen molar-refractivity contribution in [3.63, 3.8) is 0 Å². The number of allylic oxidation sites excluding steroid dienone is 1. The van der Waals surface area contributed by atoms with E-state index in [1.807, 2.05) is 0 Å². The first-order valence-corrected chi connectivity index (χ1v) is 6.07. The third-order valence-corrected chi connectivity index (χ3v) is 4.96. The van der Waals surface area contributed by atoms with Crippen LogP contribution in [0.3, 0.4) is 0 Å². The molecule has 4 aliphatic rings. The summed E-state index contributed by atoms with van der Waals surface area (Å²) >= 11 is 5.41. The van der Waals surface area contributed by atoms with Crippen molar-refractivity contribution in [3.8, 4) is 0 Å². The third-order valence-electron chi connectivity index (χ3n) is 4.43. The first-order valence-electron chi connectivity index (χ1n) is 5.66. The highest BCUT2D eigenvalue weighted by molar-refractivity contribution is 7.80. The number of methoxy groups -OCH3 is 1. The van der Waals surface area contributed by atoms with Crippen LogP contribution in [0.4, 0.5) is 0 Å². The van der Waals surface area contributed by atoms with Crippen molar-refractivity contribution in [2.75, 3.05) is 14.2 Å². The highest BCUT2D eigenvalue weighted by atomic mass is 32.1. The number of hydrogen-bond donors (Lipinski definition) is 0. The molecule has 2 fully saturated rings. The minimum atomic E-state index is -0.323. The van der Waals surface area contributed by atoms with E-state index in [-0.39, 0.29) is 23.3 Å². The monoisotopic (exact) mass is 237 g/mol. The standard InChI is InChI=1S/C12H15NO2S/c1-13-10(14)8-7-3-5-12(15-2,6-4-7)9(8)11(13)16/h3,5,7-9H,4,6H2,1-2H3/t7-,8-,9+,12-/m1/s1. The molecule has 4 rings (SSSR count). The fourth-order valence-corrected chi connectivity index (χ4v) is 3.93. The van der Waals surface area contributed by atoms with Gasteiger partial charge in [0.2, 0.25) is 5.91 Å². The molecule has 1 saturated heterocycles. The van der Waals surface area contributed by atoms with Crippen molar-refractivity contribution in [1.29, 1.82) is 0 Å². The Bertz CT molecular complexity index is 406. The van der Waals surface area contributed by atoms with Crippen molar-refractivity contribution < 1.29 is 9.53 Å². The van der Waals surface area contributed by atoms with Crippen LogP contribution in [0.1, 0.15) is 12.8 Å². The lowest BCUT2D eigenvalue weighted by Gasteiger charge is -2.47. The molecular weight excluding hydrogens is 222 g/mol. The maximum atomic E-state index is 12.1. The van der Waals surface area contributed by atoms with Gasteiger partial charge in [-0.2, -0.15) is 0 Å². The first kappa shape index (κ1) is 10.4. The Morgan fingerprint density at radius 2 is 2.38 bits per heavy atom. The van der Waals surface area contributed by atoms with Gasteiger partial charge in [0.25, 0.3) is 0 Å². The zero-order valence-electron chi connectivity index (χ0n) is 9.47. The molecule has 0 N–H and O–H groups in total. The van der Waals surface area contributed by atoms with Gasteiger partial charge in [-0.3, -0.25) is 4.79 Å². The van der Waals surface area contributed by atoms with Gasteiger partial charge in [-0.15, -0.1) is 0 Å². The van der Waals surface area contributed by atoms with Gasteiger partial charge in [-0.1, -0.05) is 24.4 Å². The molecule has 0 aromatic carbocycles. The number of nitrogens with zero attached hydrogens (tertiary/aromatic N) is 1. The predicted octanol–water partition coefficient (Wildman–Crippen LogP) is 1.38. The number of carbonyl (C=O) groups is 1. The molecule has 1 heterocycles. The van der Waals surface area contributed by atoms with E-state index in [1.54, 1.807) is 19.1 Å². The quantitative estimate of drug-likeness (QED) is 0.510. The minimum Gasteiger partial charge on any atom is -0.373 e. The second kappa shape index (κ2) is 3.14. The summed E-state index contributed by atoms with van der Waals surface area (Å²) in [6.45, 7) is 0. The topological polar surface area (TPSA) is 29.5 Å². The molecule has 0 aromatic heterocycles. The van der Waals surface area contributed by atoms with Crippen LogP contribution in [0.25, 0.3) is 0 Å². The minimum absolute atomic E-state index is 0.0243. The van der Waals surface area contributed by atoms with Crippen molar-refractivity contribution >= 4 is 23.1 Å². The summed E-state index contributed by atoms with van der Waals surface area (Å²) in [4.78, 5) is 14.5. The molecule has 4 atom stereocenters. The van der Waals surface area contributed by atoms with Crippen molar-refractivity contribution in [2.45, 2.75) is 18.4 Å². The lowest BCUT2D eigenvalue weighted by molar-refractivity contribution is -0.135. The van der Waals surface area contributed by atoms with Crippen LogP contribution in [-0.4, -0.2) is 35.6 Å². The van der Waals surface area contributed by atoms with Gasteiger partial charge in [0.15, 0.2) is 0 Å². The van der Waals surface area contributed by atoms with Gasteiger partial charge in [0, 0.05) is 14.2 Å². The number of hydrogen-bond acceptors (Lipinski definition) is 3. The summed E-state index contributed by atoms with van der Waals surface area (Å²) in [6.07, 6.45) is 6.29. The Balaban J connectivity index is 2.12. The van der Waals surface area contributed by atoms with Gasteiger partial charge in [-0.05, 0) is 18.8 Å². The molecule has 3 aliphatic carbocycles. The Morgan fingerprint density at radius 3 is 2.94 bits per heavy atom. The Kier molecular flexibility index (Phi) is 2.04. The number of fused-ring (bicyclic) bond motifs is 1. The zero-order valence-corrected chi connectivity index (χ0v) is 10.3. The van der Waals surface area contributed by atoms with Crippen molar-refractivity contribution in [2.24, 2.45) is 17.8 Å². The van der Waals surface area contributed by atoms with E-state index in [1.165, 1.54) is 0 Å². The van der Waals surface area contributed by atoms with Crippen molar-refractivity contribution in [3.05, 3.63) is 12.2 Å². The Labute approximate surface area is 100 Å². The van der Waals surface area contributed by atoms with Crippen molar-refractivity contribution in [1.82, 2.24) is 4.90 Å². The van der Waals surface area contributed by atoms with E-state index < -0.39 is 0 Å². The summed E-state index contributed by atoms with van der Waals surface area (Å²) in [6, 6.07) is 0. The number of rotatable bonds is 1. The molecule has 16 heavy (non-hydrogen) atoms. The fourth-order valence-electron chi connectivity index (χ4n) is 3.49. The maximum absolute atomic E-state index is 12.1. The number of ether oxygens (including phenoxy) is 1. The number of likely N-dealkylation sites (tertiary alicyclic amines) is 1. The van der Waals surface area contributed by atoms with E-state index in [2.05, 4.69) is 12.2 Å². The molecular formula is C12H15NO2S. The second-order valence-corrected chi connectivity index (χ2v) is 5.38. The highest BCUT2D eigenvalue weighted by Crippen LogP contribution is 2.53. The average molecular weight is 237 g/mol. The van der Waals surface area contributed by atoms with Crippen LogP contribution in [0.5, 0.6) is 0 Å². The number of carbonyl (C=O) groups excluding carboxylic acids is 1. The summed E-state index contributed by atoms with van der Waals surface area (Å²) in [5.41, 5.74) is -0.323. The summed E-state index contributed by atoms with van der Waals surface area (Å²) in [7, 11) is 3.50. The lowest BCUT2D eigenvalue weighted by Crippen LogP contribution is -2.52. The smallest absolute Gasteiger partial charge is 0.231 e. The van der Waals surface area contributed by atoms with Crippen LogP contribution < -0.4 is 0 Å². The predicted molar refractivity (Wildman–Crippen MR) is 64.0 cm³/mol. The highest BCUT2D eigenvalue weighted by Gasteiger charge is 2.60. The summed E-state index contributed by atoms with van der Waals surface area (Å²) < 4.78 is 5.69. The zero-order chi connectivity index (χ0) is 11.5. The van der Waals surface area contributed by atoms with Gasteiger partial charge in [0.1, 0.15) is 0 Å². The Morgan fingerprint density at radius 1 is 1.62 bits per heavy atom. The van der Waals surface area contributed by atoms with E-state index in [9.17, 15) is 4.79 Å². The molecule has 86 valence electrons. The molecule has 3 nitrogen and oxygen atoms in total. The molecule has 1 saturated carbocycles. The summed E-state index contributed by atoms with van der Waals surface area (Å²) in [5.74, 6) is 0.632. The Hall–Kier alpha value is -0.740. The molecule has 0 aromatic rings. The summed E-state index contributed by atoms with van der Waals surface area (Å²) in [5, 5.41) is 0. The SMILES string of the molecule is CO[C@]12C=C[C@H](CC1)[C@H]1C(=O)N(C)C(=S)[C@H]12. The number of thiocarbonyl (C=S) groups is 1. The van der Waals surface area contributed by atoms with Crippen LogP contribution >= 0.6 is 12.2 Å². The molecule has 2 bridgehead atoms. The largest absolute Gasteiger partial charge is 0.373 e. The lowest BCUT2D eigenvalue weighted by atomic mass is 9.61. The van der Waals surface area contributed by atoms with Gasteiger partial charge in [0.05, 0.1) is 22.4 Å².